The molecular weight excluding hydrogens is 344 g/mol. The number of nitro groups is 1. The molecule has 4 aromatic rings. The highest BCUT2D eigenvalue weighted by molar-refractivity contribution is 7.09. The van der Waals surface area contributed by atoms with Crippen LogP contribution in [0.15, 0.2) is 52.5 Å². The maximum absolute atomic E-state index is 10.7. The fourth-order valence-electron chi connectivity index (χ4n) is 2.26. The van der Waals surface area contributed by atoms with Gasteiger partial charge in [0.25, 0.3) is 5.69 Å². The van der Waals surface area contributed by atoms with Gasteiger partial charge in [-0.15, -0.1) is 11.3 Å². The number of nitrogens with zero attached hydrogens (tertiary/aromatic N) is 4. The van der Waals surface area contributed by atoms with Crippen molar-refractivity contribution in [1.29, 1.82) is 0 Å². The van der Waals surface area contributed by atoms with Crippen LogP contribution in [0, 0.1) is 10.1 Å². The van der Waals surface area contributed by atoms with Crippen molar-refractivity contribution in [3.05, 3.63) is 63.0 Å². The lowest BCUT2D eigenvalue weighted by Crippen LogP contribution is -1.95. The van der Waals surface area contributed by atoms with Crippen molar-refractivity contribution in [2.24, 2.45) is 0 Å². The molecule has 0 N–H and O–H groups in total. The monoisotopic (exact) mass is 354 g/mol. The topological polar surface area (TPSA) is 104 Å². The first kappa shape index (κ1) is 15.2. The molecule has 124 valence electrons. The average molecular weight is 354 g/mol. The van der Waals surface area contributed by atoms with Crippen molar-refractivity contribution in [1.82, 2.24) is 15.3 Å². The Labute approximate surface area is 144 Å². The second-order valence-corrected chi connectivity index (χ2v) is 6.08. The van der Waals surface area contributed by atoms with E-state index in [0.717, 1.165) is 16.3 Å². The quantitative estimate of drug-likeness (QED) is 0.396. The van der Waals surface area contributed by atoms with Gasteiger partial charge in [-0.2, -0.15) is 0 Å². The number of hydrogen-bond acceptors (Lipinski definition) is 8. The average Bonchev–Trinajstić information content (AvgIpc) is 3.29. The third kappa shape index (κ3) is 3.17. The number of ether oxygens (including phenoxy) is 1. The van der Waals surface area contributed by atoms with Crippen molar-refractivity contribution in [2.75, 3.05) is 0 Å². The van der Waals surface area contributed by atoms with E-state index < -0.39 is 4.92 Å². The molecule has 2 aromatic carbocycles. The fourth-order valence-corrected chi connectivity index (χ4v) is 2.97. The summed E-state index contributed by atoms with van der Waals surface area (Å²) in [6, 6.07) is 11.6. The number of thiazole rings is 1. The van der Waals surface area contributed by atoms with Gasteiger partial charge in [0.2, 0.25) is 0 Å². The van der Waals surface area contributed by atoms with Gasteiger partial charge in [0, 0.05) is 29.1 Å². The van der Waals surface area contributed by atoms with Crippen LogP contribution < -0.4 is 4.74 Å². The number of aromatic nitrogens is 3. The second kappa shape index (κ2) is 6.29. The van der Waals surface area contributed by atoms with Crippen LogP contribution in [-0.4, -0.2) is 20.2 Å². The zero-order valence-corrected chi connectivity index (χ0v) is 13.5. The summed E-state index contributed by atoms with van der Waals surface area (Å²) in [7, 11) is 0. The Morgan fingerprint density at radius 2 is 1.92 bits per heavy atom. The molecule has 0 saturated carbocycles. The van der Waals surface area contributed by atoms with Crippen molar-refractivity contribution < 1.29 is 14.3 Å². The smallest absolute Gasteiger partial charge is 0.269 e. The van der Waals surface area contributed by atoms with Crippen LogP contribution in [0.25, 0.3) is 22.3 Å². The third-order valence-electron chi connectivity index (χ3n) is 3.51. The van der Waals surface area contributed by atoms with E-state index >= 15 is 0 Å². The number of non-ortho nitro benzene ring substituents is 1. The standard InChI is InChI=1S/C16H10N4O4S/c21-20(22)11-3-1-10(2-4-11)15-9-25-16(17-15)8-23-12-5-6-13-14(7-12)19-24-18-13/h1-7,9H,8H2. The van der Waals surface area contributed by atoms with Gasteiger partial charge in [0.15, 0.2) is 0 Å². The van der Waals surface area contributed by atoms with Crippen LogP contribution in [0.3, 0.4) is 0 Å². The Bertz CT molecular complexity index is 1040. The van der Waals surface area contributed by atoms with Gasteiger partial charge in [-0.1, -0.05) is 0 Å². The van der Waals surface area contributed by atoms with Gasteiger partial charge in [0.1, 0.15) is 28.4 Å². The molecule has 0 aliphatic carbocycles. The highest BCUT2D eigenvalue weighted by Gasteiger charge is 2.09. The van der Waals surface area contributed by atoms with E-state index in [1.807, 2.05) is 5.38 Å². The number of nitro benzene ring substituents is 1. The van der Waals surface area contributed by atoms with E-state index in [9.17, 15) is 10.1 Å². The van der Waals surface area contributed by atoms with Gasteiger partial charge in [0.05, 0.1) is 10.6 Å². The maximum atomic E-state index is 10.7. The minimum Gasteiger partial charge on any atom is -0.486 e. The van der Waals surface area contributed by atoms with Crippen molar-refractivity contribution in [3.8, 4) is 17.0 Å². The lowest BCUT2D eigenvalue weighted by atomic mass is 10.1. The summed E-state index contributed by atoms with van der Waals surface area (Å²) in [5, 5.41) is 20.9. The lowest BCUT2D eigenvalue weighted by molar-refractivity contribution is -0.384. The molecule has 2 heterocycles. The largest absolute Gasteiger partial charge is 0.486 e. The Kier molecular flexibility index (Phi) is 3.82. The first-order chi connectivity index (χ1) is 12.2. The maximum Gasteiger partial charge on any atom is 0.269 e. The first-order valence-corrected chi connectivity index (χ1v) is 8.11. The van der Waals surface area contributed by atoms with Crippen LogP contribution in [0.5, 0.6) is 5.75 Å². The normalized spacial score (nSPS) is 10.9. The predicted octanol–water partition coefficient (Wildman–Crippen LogP) is 3.83. The molecular formula is C16H10N4O4S. The lowest BCUT2D eigenvalue weighted by Gasteiger charge is -2.02. The minimum absolute atomic E-state index is 0.0558. The van der Waals surface area contributed by atoms with Gasteiger partial charge in [-0.25, -0.2) is 9.61 Å². The highest BCUT2D eigenvalue weighted by atomic mass is 32.1. The van der Waals surface area contributed by atoms with Gasteiger partial charge in [-0.05, 0) is 34.6 Å². The molecule has 2 aromatic heterocycles. The summed E-state index contributed by atoms with van der Waals surface area (Å²) >= 11 is 1.46. The van der Waals surface area contributed by atoms with Crippen LogP contribution in [0.4, 0.5) is 5.69 Å². The van der Waals surface area contributed by atoms with Crippen molar-refractivity contribution in [2.45, 2.75) is 6.61 Å². The zero-order valence-electron chi connectivity index (χ0n) is 12.7. The Morgan fingerprint density at radius 1 is 1.12 bits per heavy atom. The van der Waals surface area contributed by atoms with Crippen molar-refractivity contribution >= 4 is 28.1 Å². The molecule has 25 heavy (non-hydrogen) atoms. The Balaban J connectivity index is 1.46. The van der Waals surface area contributed by atoms with E-state index in [1.165, 1.54) is 23.5 Å². The molecule has 0 spiro atoms. The molecule has 0 bridgehead atoms. The van der Waals surface area contributed by atoms with E-state index in [1.54, 1.807) is 30.3 Å². The van der Waals surface area contributed by atoms with E-state index in [4.69, 9.17) is 4.74 Å². The van der Waals surface area contributed by atoms with E-state index in [2.05, 4.69) is 19.9 Å². The molecule has 4 rings (SSSR count). The molecule has 0 unspecified atom stereocenters. The first-order valence-electron chi connectivity index (χ1n) is 7.23. The second-order valence-electron chi connectivity index (χ2n) is 5.13. The third-order valence-corrected chi connectivity index (χ3v) is 4.34. The van der Waals surface area contributed by atoms with Gasteiger partial charge in [-0.3, -0.25) is 10.1 Å². The molecule has 0 aliphatic heterocycles. The summed E-state index contributed by atoms with van der Waals surface area (Å²) in [4.78, 5) is 14.8. The summed E-state index contributed by atoms with van der Waals surface area (Å²) in [6.45, 7) is 0.314. The molecule has 0 atom stereocenters. The van der Waals surface area contributed by atoms with Crippen molar-refractivity contribution in [3.63, 3.8) is 0 Å². The number of rotatable bonds is 5. The molecule has 0 amide bonds. The van der Waals surface area contributed by atoms with Crippen LogP contribution in [-0.2, 0) is 6.61 Å². The van der Waals surface area contributed by atoms with Crippen LogP contribution in [0.2, 0.25) is 0 Å². The van der Waals surface area contributed by atoms with E-state index in [-0.39, 0.29) is 5.69 Å². The summed E-state index contributed by atoms with van der Waals surface area (Å²) in [6.07, 6.45) is 0. The Hall–Kier alpha value is -3.33. The summed E-state index contributed by atoms with van der Waals surface area (Å²) in [5.74, 6) is 0.648. The summed E-state index contributed by atoms with van der Waals surface area (Å²) < 4.78 is 10.4. The van der Waals surface area contributed by atoms with Gasteiger partial charge >= 0.3 is 0 Å². The highest BCUT2D eigenvalue weighted by Crippen LogP contribution is 2.25. The number of benzene rings is 2. The molecule has 0 aliphatic rings. The zero-order chi connectivity index (χ0) is 17.2. The Morgan fingerprint density at radius 3 is 2.72 bits per heavy atom. The summed E-state index contributed by atoms with van der Waals surface area (Å²) in [5.41, 5.74) is 2.93. The SMILES string of the molecule is O=[N+]([O-])c1ccc(-c2csc(COc3ccc4nonc4c3)n2)cc1. The number of hydrogen-bond donors (Lipinski definition) is 0. The van der Waals surface area contributed by atoms with E-state index in [0.29, 0.717) is 23.4 Å². The predicted molar refractivity (Wildman–Crippen MR) is 90.3 cm³/mol. The molecule has 0 saturated heterocycles. The van der Waals surface area contributed by atoms with Crippen LogP contribution >= 0.6 is 11.3 Å². The molecule has 8 nitrogen and oxygen atoms in total. The molecule has 0 radical (unpaired) electrons. The molecule has 9 heteroatoms. The number of fused-ring (bicyclic) bond motifs is 1. The molecule has 0 fully saturated rings. The minimum atomic E-state index is -0.425. The van der Waals surface area contributed by atoms with Crippen LogP contribution in [0.1, 0.15) is 5.01 Å². The van der Waals surface area contributed by atoms with Gasteiger partial charge < -0.3 is 4.74 Å². The fraction of sp³-hybridized carbons (Fsp3) is 0.0625.